The smallest absolute Gasteiger partial charge is 0.337 e. The number of hydrogen-bond donors (Lipinski definition) is 2. The maximum atomic E-state index is 13.5. The van der Waals surface area contributed by atoms with Crippen LogP contribution >= 0.6 is 11.6 Å². The lowest BCUT2D eigenvalue weighted by atomic mass is 10.2. The summed E-state index contributed by atoms with van der Waals surface area (Å²) in [4.78, 5) is 10.4. The number of sulfonamides is 1. The van der Waals surface area contributed by atoms with Crippen molar-refractivity contribution in [2.24, 2.45) is 0 Å². The third kappa shape index (κ3) is 2.88. The fraction of sp³-hybridized carbons (Fsp3) is 0.364. The minimum absolute atomic E-state index is 0.445. The van der Waals surface area contributed by atoms with Crippen LogP contribution in [0.25, 0.3) is 0 Å². The molecule has 1 fully saturated rings. The van der Waals surface area contributed by atoms with Gasteiger partial charge in [-0.25, -0.2) is 22.3 Å². The van der Waals surface area contributed by atoms with E-state index in [0.29, 0.717) is 18.9 Å². The number of carbonyl (C=O) groups is 1. The van der Waals surface area contributed by atoms with E-state index in [1.54, 1.807) is 6.92 Å². The Hall–Kier alpha value is -1.18. The summed E-state index contributed by atoms with van der Waals surface area (Å²) >= 11 is 5.48. The molecule has 1 aliphatic rings. The average molecular weight is 308 g/mol. The predicted molar refractivity (Wildman–Crippen MR) is 66.3 cm³/mol. The standard InChI is InChI=1S/C11H11ClFNO4S/c1-11(2-3-11)14-19(17,18)6-4-7(10(15)16)9(12)8(13)5-6/h4-5,14H,2-3H2,1H3,(H,15,16). The van der Waals surface area contributed by atoms with Gasteiger partial charge in [-0.15, -0.1) is 0 Å². The molecule has 0 bridgehead atoms. The van der Waals surface area contributed by atoms with Crippen LogP contribution in [0, 0.1) is 5.82 Å². The Labute approximate surface area is 114 Å². The van der Waals surface area contributed by atoms with Crippen molar-refractivity contribution in [3.8, 4) is 0 Å². The number of halogens is 2. The van der Waals surface area contributed by atoms with Gasteiger partial charge in [0, 0.05) is 5.54 Å². The van der Waals surface area contributed by atoms with Crippen molar-refractivity contribution in [2.45, 2.75) is 30.2 Å². The van der Waals surface area contributed by atoms with Crippen molar-refractivity contribution in [3.63, 3.8) is 0 Å². The van der Waals surface area contributed by atoms with Crippen molar-refractivity contribution >= 4 is 27.6 Å². The van der Waals surface area contributed by atoms with Gasteiger partial charge in [-0.05, 0) is 31.9 Å². The van der Waals surface area contributed by atoms with E-state index in [1.807, 2.05) is 0 Å². The Bertz CT molecular complexity index is 655. The van der Waals surface area contributed by atoms with Crippen molar-refractivity contribution in [1.82, 2.24) is 4.72 Å². The zero-order chi connectivity index (χ0) is 14.4. The summed E-state index contributed by atoms with van der Waals surface area (Å²) in [6.45, 7) is 1.72. The van der Waals surface area contributed by atoms with Crippen LogP contribution in [0.2, 0.25) is 5.02 Å². The van der Waals surface area contributed by atoms with Gasteiger partial charge in [0.25, 0.3) is 0 Å². The molecule has 2 N–H and O–H groups in total. The number of nitrogens with one attached hydrogen (secondary N) is 1. The van der Waals surface area contributed by atoms with Crippen LogP contribution in [0.3, 0.4) is 0 Å². The van der Waals surface area contributed by atoms with Crippen LogP contribution in [-0.2, 0) is 10.0 Å². The topological polar surface area (TPSA) is 83.5 Å². The van der Waals surface area contributed by atoms with E-state index in [1.165, 1.54) is 0 Å². The van der Waals surface area contributed by atoms with Gasteiger partial charge in [-0.2, -0.15) is 0 Å². The molecule has 5 nitrogen and oxygen atoms in total. The van der Waals surface area contributed by atoms with E-state index in [9.17, 15) is 17.6 Å². The Morgan fingerprint density at radius 2 is 2.05 bits per heavy atom. The summed E-state index contributed by atoms with van der Waals surface area (Å²) in [7, 11) is -3.96. The molecule has 19 heavy (non-hydrogen) atoms. The molecule has 0 aromatic heterocycles. The number of benzene rings is 1. The van der Waals surface area contributed by atoms with Gasteiger partial charge in [-0.1, -0.05) is 11.6 Å². The Kier molecular flexibility index (Phi) is 3.32. The minimum atomic E-state index is -3.96. The van der Waals surface area contributed by atoms with Gasteiger partial charge in [0.05, 0.1) is 15.5 Å². The molecule has 1 aromatic rings. The van der Waals surface area contributed by atoms with Crippen LogP contribution < -0.4 is 4.72 Å². The van der Waals surface area contributed by atoms with E-state index in [4.69, 9.17) is 16.7 Å². The third-order valence-electron chi connectivity index (χ3n) is 2.92. The largest absolute Gasteiger partial charge is 0.478 e. The monoisotopic (exact) mass is 307 g/mol. The molecule has 0 spiro atoms. The van der Waals surface area contributed by atoms with Crippen molar-refractivity contribution in [1.29, 1.82) is 0 Å². The molecule has 0 aliphatic heterocycles. The number of aromatic carboxylic acids is 1. The van der Waals surface area contributed by atoms with E-state index >= 15 is 0 Å². The number of rotatable bonds is 4. The molecule has 2 rings (SSSR count). The molecule has 8 heteroatoms. The van der Waals surface area contributed by atoms with Gasteiger partial charge in [0.1, 0.15) is 5.82 Å². The lowest BCUT2D eigenvalue weighted by Gasteiger charge is -2.13. The van der Waals surface area contributed by atoms with Gasteiger partial charge < -0.3 is 5.11 Å². The first-order chi connectivity index (χ1) is 8.65. The summed E-state index contributed by atoms with van der Waals surface area (Å²) in [5, 5.41) is 8.25. The highest BCUT2D eigenvalue weighted by atomic mass is 35.5. The summed E-state index contributed by atoms with van der Waals surface area (Å²) < 4.78 is 39.9. The Morgan fingerprint density at radius 1 is 1.47 bits per heavy atom. The maximum Gasteiger partial charge on any atom is 0.337 e. The second-order valence-electron chi connectivity index (χ2n) is 4.74. The average Bonchev–Trinajstić information content (AvgIpc) is 2.98. The molecule has 0 atom stereocenters. The van der Waals surface area contributed by atoms with E-state index in [2.05, 4.69) is 4.72 Å². The zero-order valence-corrected chi connectivity index (χ0v) is 11.5. The first kappa shape index (κ1) is 14.2. The Balaban J connectivity index is 2.48. The highest BCUT2D eigenvalue weighted by Crippen LogP contribution is 2.36. The summed E-state index contributed by atoms with van der Waals surface area (Å²) in [5.41, 5.74) is -1.11. The molecular formula is C11H11ClFNO4S. The molecular weight excluding hydrogens is 297 g/mol. The van der Waals surface area contributed by atoms with Crippen LogP contribution in [-0.4, -0.2) is 25.0 Å². The molecule has 0 saturated heterocycles. The second-order valence-corrected chi connectivity index (χ2v) is 6.80. The minimum Gasteiger partial charge on any atom is -0.478 e. The first-order valence-corrected chi connectivity index (χ1v) is 7.27. The molecule has 0 radical (unpaired) electrons. The van der Waals surface area contributed by atoms with Gasteiger partial charge in [0.2, 0.25) is 10.0 Å². The fourth-order valence-electron chi connectivity index (χ4n) is 1.55. The highest BCUT2D eigenvalue weighted by molar-refractivity contribution is 7.89. The fourth-order valence-corrected chi connectivity index (χ4v) is 3.24. The normalized spacial score (nSPS) is 17.2. The molecule has 104 valence electrons. The van der Waals surface area contributed by atoms with Gasteiger partial charge in [-0.3, -0.25) is 0 Å². The van der Waals surface area contributed by atoms with Crippen LogP contribution in [0.4, 0.5) is 4.39 Å². The maximum absolute atomic E-state index is 13.5. The second kappa shape index (κ2) is 4.43. The van der Waals surface area contributed by atoms with E-state index < -0.39 is 42.8 Å². The highest BCUT2D eigenvalue weighted by Gasteiger charge is 2.41. The predicted octanol–water partition coefficient (Wildman–Crippen LogP) is 2.01. The van der Waals surface area contributed by atoms with Crippen LogP contribution in [0.15, 0.2) is 17.0 Å². The summed E-state index contributed by atoms with van der Waals surface area (Å²) in [5.74, 6) is -2.57. The van der Waals surface area contributed by atoms with Crippen molar-refractivity contribution in [2.75, 3.05) is 0 Å². The SMILES string of the molecule is CC1(NS(=O)(=O)c2cc(F)c(Cl)c(C(=O)O)c2)CC1. The quantitative estimate of drug-likeness (QED) is 0.891. The lowest BCUT2D eigenvalue weighted by Crippen LogP contribution is -2.34. The number of carboxylic acid groups (broad SMARTS) is 1. The lowest BCUT2D eigenvalue weighted by molar-refractivity contribution is 0.0696. The van der Waals surface area contributed by atoms with E-state index in [-0.39, 0.29) is 0 Å². The summed E-state index contributed by atoms with van der Waals surface area (Å²) in [6, 6.07) is 1.56. The summed E-state index contributed by atoms with van der Waals surface area (Å²) in [6.07, 6.45) is 1.38. The van der Waals surface area contributed by atoms with E-state index in [0.717, 1.165) is 6.07 Å². The number of hydrogen-bond acceptors (Lipinski definition) is 3. The van der Waals surface area contributed by atoms with Crippen molar-refractivity contribution < 1.29 is 22.7 Å². The number of carboxylic acids is 1. The molecule has 0 heterocycles. The van der Waals surface area contributed by atoms with Crippen LogP contribution in [0.1, 0.15) is 30.1 Å². The first-order valence-electron chi connectivity index (χ1n) is 5.41. The van der Waals surface area contributed by atoms with Gasteiger partial charge >= 0.3 is 5.97 Å². The zero-order valence-electron chi connectivity index (χ0n) is 9.91. The molecule has 1 aromatic carbocycles. The molecule has 0 unspecified atom stereocenters. The molecule has 0 amide bonds. The molecule has 1 aliphatic carbocycles. The van der Waals surface area contributed by atoms with Crippen molar-refractivity contribution in [3.05, 3.63) is 28.5 Å². The van der Waals surface area contributed by atoms with Crippen LogP contribution in [0.5, 0.6) is 0 Å². The van der Waals surface area contributed by atoms with Gasteiger partial charge in [0.15, 0.2) is 0 Å². The third-order valence-corrected chi connectivity index (χ3v) is 4.93. The Morgan fingerprint density at radius 3 is 2.53 bits per heavy atom. The molecule has 1 saturated carbocycles.